The van der Waals surface area contributed by atoms with E-state index in [9.17, 15) is 4.79 Å². The van der Waals surface area contributed by atoms with Crippen LogP contribution in [0.5, 0.6) is 0 Å². The van der Waals surface area contributed by atoms with Crippen LogP contribution in [0.15, 0.2) is 18.3 Å². The molecule has 0 aromatic carbocycles. The molecule has 136 valence electrons. The van der Waals surface area contributed by atoms with Crippen molar-refractivity contribution >= 4 is 23.4 Å². The average Bonchev–Trinajstić information content (AvgIpc) is 3.42. The van der Waals surface area contributed by atoms with Gasteiger partial charge < -0.3 is 10.2 Å². The Morgan fingerprint density at radius 1 is 1.27 bits per heavy atom. The molecule has 4 fully saturated rings. The molecule has 2 aromatic rings. The van der Waals surface area contributed by atoms with Gasteiger partial charge in [-0.3, -0.25) is 9.89 Å². The van der Waals surface area contributed by atoms with E-state index in [1.165, 1.54) is 18.5 Å². The number of rotatable bonds is 5. The van der Waals surface area contributed by atoms with Gasteiger partial charge in [0.25, 0.3) is 0 Å². The number of piperidine rings is 2. The van der Waals surface area contributed by atoms with Crippen molar-refractivity contribution in [2.75, 3.05) is 16.8 Å². The van der Waals surface area contributed by atoms with Gasteiger partial charge in [0.2, 0.25) is 5.95 Å². The Bertz CT molecular complexity index is 834. The molecule has 0 amide bonds. The van der Waals surface area contributed by atoms with Crippen molar-refractivity contribution in [2.24, 2.45) is 5.41 Å². The number of aromatic amines is 1. The number of hydrogen-bond donors (Lipinski definition) is 2. The summed E-state index contributed by atoms with van der Waals surface area (Å²) in [4.78, 5) is 23.7. The molecule has 7 heteroatoms. The fourth-order valence-corrected chi connectivity index (χ4v) is 4.47. The first-order valence-electron chi connectivity index (χ1n) is 9.56. The van der Waals surface area contributed by atoms with Crippen LogP contribution in [0.4, 0.5) is 17.6 Å². The number of nitrogens with zero attached hydrogens (tertiary/aromatic N) is 4. The SMILES string of the molecule is CC(=O)C12CCC(CC1)N(c1nccc(Nc3cc(C4CC4)[nH]n3)n1)C2. The molecule has 2 N–H and O–H groups in total. The fourth-order valence-electron chi connectivity index (χ4n) is 4.47. The van der Waals surface area contributed by atoms with Crippen LogP contribution in [0, 0.1) is 5.41 Å². The Labute approximate surface area is 152 Å². The molecule has 2 aliphatic carbocycles. The van der Waals surface area contributed by atoms with Crippen LogP contribution >= 0.6 is 0 Å². The molecule has 2 aliphatic heterocycles. The van der Waals surface area contributed by atoms with Gasteiger partial charge in [0.1, 0.15) is 11.6 Å². The van der Waals surface area contributed by atoms with Gasteiger partial charge in [-0.15, -0.1) is 0 Å². The Hall–Kier alpha value is -2.44. The highest BCUT2D eigenvalue weighted by molar-refractivity contribution is 5.83. The van der Waals surface area contributed by atoms with Crippen LogP contribution in [0.3, 0.4) is 0 Å². The van der Waals surface area contributed by atoms with Crippen LogP contribution in [0.1, 0.15) is 57.1 Å². The monoisotopic (exact) mass is 352 g/mol. The zero-order valence-electron chi connectivity index (χ0n) is 15.0. The highest BCUT2D eigenvalue weighted by Crippen LogP contribution is 2.46. The molecule has 2 saturated heterocycles. The second-order valence-corrected chi connectivity index (χ2v) is 8.05. The number of nitrogens with one attached hydrogen (secondary N) is 2. The number of Topliss-reactive ketones (excluding diaryl/α,β-unsaturated/α-hetero) is 1. The van der Waals surface area contributed by atoms with E-state index in [1.807, 2.05) is 6.07 Å². The van der Waals surface area contributed by atoms with E-state index in [0.717, 1.165) is 43.9 Å². The molecule has 0 unspecified atom stereocenters. The van der Waals surface area contributed by atoms with Crippen LogP contribution < -0.4 is 10.2 Å². The predicted molar refractivity (Wildman–Crippen MR) is 98.6 cm³/mol. The lowest BCUT2D eigenvalue weighted by Crippen LogP contribution is -2.57. The maximum atomic E-state index is 12.2. The molecule has 2 bridgehead atoms. The minimum Gasteiger partial charge on any atom is -0.337 e. The molecule has 0 radical (unpaired) electrons. The Kier molecular flexibility index (Phi) is 3.52. The topological polar surface area (TPSA) is 86.8 Å². The van der Waals surface area contributed by atoms with Gasteiger partial charge in [0, 0.05) is 41.9 Å². The van der Waals surface area contributed by atoms with Crippen molar-refractivity contribution in [1.82, 2.24) is 20.2 Å². The molecule has 0 atom stereocenters. The Morgan fingerprint density at radius 3 is 2.81 bits per heavy atom. The van der Waals surface area contributed by atoms with E-state index < -0.39 is 0 Å². The van der Waals surface area contributed by atoms with Crippen molar-refractivity contribution in [2.45, 2.75) is 57.4 Å². The van der Waals surface area contributed by atoms with Gasteiger partial charge in [-0.05, 0) is 51.5 Å². The molecule has 7 nitrogen and oxygen atoms in total. The number of anilines is 3. The van der Waals surface area contributed by atoms with Gasteiger partial charge in [-0.25, -0.2) is 4.98 Å². The van der Waals surface area contributed by atoms with Crippen LogP contribution in [-0.2, 0) is 4.79 Å². The highest BCUT2D eigenvalue weighted by atomic mass is 16.1. The summed E-state index contributed by atoms with van der Waals surface area (Å²) >= 11 is 0. The smallest absolute Gasteiger partial charge is 0.227 e. The van der Waals surface area contributed by atoms with Gasteiger partial charge in [-0.1, -0.05) is 0 Å². The summed E-state index contributed by atoms with van der Waals surface area (Å²) in [6.07, 6.45) is 8.36. The maximum absolute atomic E-state index is 12.2. The second-order valence-electron chi connectivity index (χ2n) is 8.05. The van der Waals surface area contributed by atoms with Crippen LogP contribution in [0.2, 0.25) is 0 Å². The van der Waals surface area contributed by atoms with Crippen LogP contribution in [0.25, 0.3) is 0 Å². The third-order valence-corrected chi connectivity index (χ3v) is 6.34. The second kappa shape index (κ2) is 5.79. The molecule has 4 aliphatic rings. The third kappa shape index (κ3) is 2.66. The number of aromatic nitrogens is 4. The minimum atomic E-state index is -0.205. The van der Waals surface area contributed by atoms with Crippen molar-refractivity contribution in [3.8, 4) is 0 Å². The lowest BCUT2D eigenvalue weighted by molar-refractivity contribution is -0.129. The van der Waals surface area contributed by atoms with Crippen molar-refractivity contribution in [3.63, 3.8) is 0 Å². The standard InChI is InChI=1S/C19H24N6O/c1-12(26)19-7-4-14(5-8-19)25(11-19)18-20-9-6-16(22-18)21-17-10-15(23-24-17)13-2-3-13/h6,9-10,13-14H,2-5,7-8,11H2,1H3,(H2,20,21,22,23,24). The summed E-state index contributed by atoms with van der Waals surface area (Å²) in [5.41, 5.74) is 0.988. The lowest BCUT2D eigenvalue weighted by atomic mass is 9.66. The van der Waals surface area contributed by atoms with E-state index in [-0.39, 0.29) is 5.41 Å². The quantitative estimate of drug-likeness (QED) is 0.859. The molecule has 2 saturated carbocycles. The molecular formula is C19H24N6O. The largest absolute Gasteiger partial charge is 0.337 e. The fraction of sp³-hybridized carbons (Fsp3) is 0.579. The highest BCUT2D eigenvalue weighted by Gasteiger charge is 2.48. The zero-order chi connectivity index (χ0) is 17.7. The molecular weight excluding hydrogens is 328 g/mol. The molecule has 0 spiro atoms. The first-order chi connectivity index (χ1) is 12.6. The van der Waals surface area contributed by atoms with Gasteiger partial charge in [-0.2, -0.15) is 10.1 Å². The summed E-state index contributed by atoms with van der Waals surface area (Å²) in [7, 11) is 0. The Balaban J connectivity index is 1.36. The Morgan fingerprint density at radius 2 is 2.08 bits per heavy atom. The summed E-state index contributed by atoms with van der Waals surface area (Å²) in [5, 5.41) is 10.7. The third-order valence-electron chi connectivity index (χ3n) is 6.34. The van der Waals surface area contributed by atoms with E-state index in [0.29, 0.717) is 23.7 Å². The number of carbonyl (C=O) groups is 1. The predicted octanol–water partition coefficient (Wildman–Crippen LogP) is 3.16. The van der Waals surface area contributed by atoms with Crippen molar-refractivity contribution < 1.29 is 4.79 Å². The van der Waals surface area contributed by atoms with E-state index >= 15 is 0 Å². The van der Waals surface area contributed by atoms with Gasteiger partial charge in [0.15, 0.2) is 5.82 Å². The summed E-state index contributed by atoms with van der Waals surface area (Å²) in [5.74, 6) is 3.19. The summed E-state index contributed by atoms with van der Waals surface area (Å²) in [6.45, 7) is 2.47. The first-order valence-corrected chi connectivity index (χ1v) is 9.56. The summed E-state index contributed by atoms with van der Waals surface area (Å²) in [6, 6.07) is 4.36. The van der Waals surface area contributed by atoms with Gasteiger partial charge >= 0.3 is 0 Å². The molecule has 2 aromatic heterocycles. The average molecular weight is 352 g/mol. The van der Waals surface area contributed by atoms with Crippen LogP contribution in [-0.4, -0.2) is 38.5 Å². The zero-order valence-corrected chi connectivity index (χ0v) is 15.0. The van der Waals surface area contributed by atoms with E-state index in [2.05, 4.69) is 31.5 Å². The minimum absolute atomic E-state index is 0.205. The first kappa shape index (κ1) is 15.8. The van der Waals surface area contributed by atoms with E-state index in [4.69, 9.17) is 4.98 Å². The number of H-pyrrole nitrogens is 1. The molecule has 4 heterocycles. The number of hydrogen-bond acceptors (Lipinski definition) is 6. The van der Waals surface area contributed by atoms with Crippen molar-refractivity contribution in [3.05, 3.63) is 24.0 Å². The molecule has 26 heavy (non-hydrogen) atoms. The maximum Gasteiger partial charge on any atom is 0.227 e. The number of fused-ring (bicyclic) bond motifs is 3. The normalized spacial score (nSPS) is 27.6. The summed E-state index contributed by atoms with van der Waals surface area (Å²) < 4.78 is 0. The number of carbonyl (C=O) groups excluding carboxylic acids is 1. The number of ketones is 1. The van der Waals surface area contributed by atoms with Gasteiger partial charge in [0.05, 0.1) is 0 Å². The van der Waals surface area contributed by atoms with Crippen molar-refractivity contribution in [1.29, 1.82) is 0 Å². The van der Waals surface area contributed by atoms with E-state index in [1.54, 1.807) is 13.1 Å². The molecule has 6 rings (SSSR count). The lowest BCUT2D eigenvalue weighted by Gasteiger charge is -2.51.